The van der Waals surface area contributed by atoms with Crippen LogP contribution in [-0.4, -0.2) is 17.2 Å². The van der Waals surface area contributed by atoms with Gasteiger partial charge >= 0.3 is 0 Å². The van der Waals surface area contributed by atoms with Gasteiger partial charge < -0.3 is 11.1 Å². The van der Waals surface area contributed by atoms with Crippen LogP contribution in [-0.2, 0) is 4.79 Å². The molecule has 0 radical (unpaired) electrons. The van der Waals surface area contributed by atoms with Gasteiger partial charge in [-0.05, 0) is 50.5 Å². The topological polar surface area (TPSA) is 55.1 Å². The highest BCUT2D eigenvalue weighted by Crippen LogP contribution is 2.37. The van der Waals surface area contributed by atoms with Crippen molar-refractivity contribution in [3.8, 4) is 0 Å². The van der Waals surface area contributed by atoms with Crippen molar-refractivity contribution in [2.45, 2.75) is 49.6 Å². The molecule has 1 heterocycles. The molecule has 5 heteroatoms. The largest absolute Gasteiger partial charge is 0.349 e. The van der Waals surface area contributed by atoms with Crippen molar-refractivity contribution in [1.82, 2.24) is 5.32 Å². The number of rotatable bonds is 4. The van der Waals surface area contributed by atoms with Crippen LogP contribution in [0, 0.1) is 0 Å². The standard InChI is InChI=1S/C15H21ClN2OS/c1-15(2,17)7-5-14(19)18-12-6-8-20-13-4-3-10(16)9-11(12)13/h3-4,9,12H,5-8,17H2,1-2H3,(H,18,19). The number of hydrogen-bond donors (Lipinski definition) is 2. The molecule has 0 aromatic heterocycles. The van der Waals surface area contributed by atoms with Gasteiger partial charge in [-0.3, -0.25) is 4.79 Å². The number of hydrogen-bond acceptors (Lipinski definition) is 3. The first-order valence-corrected chi connectivity index (χ1v) is 8.22. The highest BCUT2D eigenvalue weighted by molar-refractivity contribution is 7.99. The molecule has 1 amide bonds. The number of fused-ring (bicyclic) bond motifs is 1. The first-order valence-electron chi connectivity index (χ1n) is 6.86. The van der Waals surface area contributed by atoms with E-state index in [1.807, 2.05) is 43.8 Å². The van der Waals surface area contributed by atoms with Gasteiger partial charge in [0.25, 0.3) is 0 Å². The Morgan fingerprint density at radius 1 is 1.55 bits per heavy atom. The van der Waals surface area contributed by atoms with Crippen molar-refractivity contribution >= 4 is 29.3 Å². The van der Waals surface area contributed by atoms with E-state index in [4.69, 9.17) is 17.3 Å². The Hall–Kier alpha value is -0.710. The van der Waals surface area contributed by atoms with E-state index in [0.29, 0.717) is 17.9 Å². The van der Waals surface area contributed by atoms with E-state index < -0.39 is 0 Å². The molecule has 3 nitrogen and oxygen atoms in total. The molecule has 20 heavy (non-hydrogen) atoms. The first-order chi connectivity index (χ1) is 9.35. The second-order valence-corrected chi connectivity index (χ2v) is 7.50. The van der Waals surface area contributed by atoms with Crippen LogP contribution < -0.4 is 11.1 Å². The van der Waals surface area contributed by atoms with Gasteiger partial charge in [-0.1, -0.05) is 11.6 Å². The van der Waals surface area contributed by atoms with Gasteiger partial charge in [0.2, 0.25) is 5.91 Å². The van der Waals surface area contributed by atoms with Crippen LogP contribution >= 0.6 is 23.4 Å². The fourth-order valence-electron chi connectivity index (χ4n) is 2.22. The zero-order valence-electron chi connectivity index (χ0n) is 11.9. The van der Waals surface area contributed by atoms with Crippen molar-refractivity contribution in [2.75, 3.05) is 5.75 Å². The van der Waals surface area contributed by atoms with Gasteiger partial charge in [0.1, 0.15) is 0 Å². The molecule has 0 fully saturated rings. The summed E-state index contributed by atoms with van der Waals surface area (Å²) in [6, 6.07) is 5.96. The summed E-state index contributed by atoms with van der Waals surface area (Å²) < 4.78 is 0. The van der Waals surface area contributed by atoms with Gasteiger partial charge in [-0.2, -0.15) is 0 Å². The number of carbonyl (C=O) groups is 1. The third-order valence-electron chi connectivity index (χ3n) is 3.34. The Labute approximate surface area is 129 Å². The Kier molecular flexibility index (Phi) is 4.99. The summed E-state index contributed by atoms with van der Waals surface area (Å²) >= 11 is 7.88. The number of benzene rings is 1. The molecule has 110 valence electrons. The minimum atomic E-state index is -0.305. The van der Waals surface area contributed by atoms with E-state index in [0.717, 1.165) is 17.7 Å². The smallest absolute Gasteiger partial charge is 0.220 e. The summed E-state index contributed by atoms with van der Waals surface area (Å²) in [6.07, 6.45) is 2.08. The van der Waals surface area contributed by atoms with Crippen LogP contribution in [0.25, 0.3) is 0 Å². The predicted molar refractivity (Wildman–Crippen MR) is 85.2 cm³/mol. The van der Waals surface area contributed by atoms with Crippen LogP contribution in [0.2, 0.25) is 5.02 Å². The maximum Gasteiger partial charge on any atom is 0.220 e. The number of carbonyl (C=O) groups excluding carboxylic acids is 1. The van der Waals surface area contributed by atoms with E-state index in [1.165, 1.54) is 4.90 Å². The fourth-order valence-corrected chi connectivity index (χ4v) is 3.50. The molecule has 2 rings (SSSR count). The lowest BCUT2D eigenvalue weighted by Gasteiger charge is -2.27. The molecule has 1 aliphatic rings. The molecule has 0 aliphatic carbocycles. The third-order valence-corrected chi connectivity index (χ3v) is 4.70. The summed E-state index contributed by atoms with van der Waals surface area (Å²) in [5.41, 5.74) is 6.74. The molecule has 0 spiro atoms. The summed E-state index contributed by atoms with van der Waals surface area (Å²) in [6.45, 7) is 3.87. The fraction of sp³-hybridized carbons (Fsp3) is 0.533. The van der Waals surface area contributed by atoms with Gasteiger partial charge in [-0.15, -0.1) is 11.8 Å². The predicted octanol–water partition coefficient (Wildman–Crippen LogP) is 3.51. The van der Waals surface area contributed by atoms with E-state index in [9.17, 15) is 4.79 Å². The Balaban J connectivity index is 2.01. The lowest BCUT2D eigenvalue weighted by Crippen LogP contribution is -2.36. The van der Waals surface area contributed by atoms with Crippen molar-refractivity contribution < 1.29 is 4.79 Å². The molecular formula is C15H21ClN2OS. The van der Waals surface area contributed by atoms with E-state index in [1.54, 1.807) is 0 Å². The average Bonchev–Trinajstić information content (AvgIpc) is 2.36. The molecule has 1 aliphatic heterocycles. The van der Waals surface area contributed by atoms with Crippen molar-refractivity contribution in [1.29, 1.82) is 0 Å². The lowest BCUT2D eigenvalue weighted by atomic mass is 9.99. The van der Waals surface area contributed by atoms with Crippen LogP contribution in [0.4, 0.5) is 0 Å². The second-order valence-electron chi connectivity index (χ2n) is 5.93. The highest BCUT2D eigenvalue weighted by Gasteiger charge is 2.23. The van der Waals surface area contributed by atoms with Crippen LogP contribution in [0.15, 0.2) is 23.1 Å². The summed E-state index contributed by atoms with van der Waals surface area (Å²) in [7, 11) is 0. The Morgan fingerprint density at radius 2 is 2.30 bits per heavy atom. The zero-order valence-corrected chi connectivity index (χ0v) is 13.5. The third kappa shape index (κ3) is 4.40. The normalized spacial score (nSPS) is 18.5. The lowest BCUT2D eigenvalue weighted by molar-refractivity contribution is -0.122. The second kappa shape index (κ2) is 6.37. The molecule has 3 N–H and O–H groups in total. The average molecular weight is 313 g/mol. The van der Waals surface area contributed by atoms with Crippen molar-refractivity contribution in [3.05, 3.63) is 28.8 Å². The molecule has 1 aromatic rings. The monoisotopic (exact) mass is 312 g/mol. The minimum Gasteiger partial charge on any atom is -0.349 e. The molecule has 0 saturated heterocycles. The van der Waals surface area contributed by atoms with Crippen LogP contribution in [0.1, 0.15) is 44.7 Å². The quantitative estimate of drug-likeness (QED) is 0.894. The summed E-state index contributed by atoms with van der Waals surface area (Å²) in [5, 5.41) is 3.82. The van der Waals surface area contributed by atoms with Crippen molar-refractivity contribution in [3.63, 3.8) is 0 Å². The van der Waals surface area contributed by atoms with E-state index in [-0.39, 0.29) is 17.5 Å². The molecule has 0 bridgehead atoms. The molecular weight excluding hydrogens is 292 g/mol. The van der Waals surface area contributed by atoms with E-state index in [2.05, 4.69) is 5.32 Å². The van der Waals surface area contributed by atoms with Gasteiger partial charge in [0.05, 0.1) is 6.04 Å². The van der Waals surface area contributed by atoms with Gasteiger partial charge in [0, 0.05) is 27.6 Å². The first kappa shape index (κ1) is 15.7. The SMILES string of the molecule is CC(C)(N)CCC(=O)NC1CCSc2ccc(Cl)cc21. The summed E-state index contributed by atoms with van der Waals surface area (Å²) in [5.74, 6) is 1.08. The highest BCUT2D eigenvalue weighted by atomic mass is 35.5. The molecule has 1 unspecified atom stereocenters. The zero-order chi connectivity index (χ0) is 14.8. The molecule has 1 aromatic carbocycles. The minimum absolute atomic E-state index is 0.0614. The number of amides is 1. The van der Waals surface area contributed by atoms with Crippen molar-refractivity contribution in [2.24, 2.45) is 5.73 Å². The van der Waals surface area contributed by atoms with Gasteiger partial charge in [-0.25, -0.2) is 0 Å². The van der Waals surface area contributed by atoms with Gasteiger partial charge in [0.15, 0.2) is 0 Å². The molecule has 0 saturated carbocycles. The maximum atomic E-state index is 12.0. The number of thioether (sulfide) groups is 1. The maximum absolute atomic E-state index is 12.0. The van der Waals surface area contributed by atoms with Crippen LogP contribution in [0.5, 0.6) is 0 Å². The Bertz CT molecular complexity index is 499. The number of nitrogens with two attached hydrogens (primary N) is 1. The number of nitrogens with one attached hydrogen (secondary N) is 1. The Morgan fingerprint density at radius 3 is 3.00 bits per heavy atom. The summed E-state index contributed by atoms with van der Waals surface area (Å²) in [4.78, 5) is 13.3. The number of halogens is 1. The molecule has 1 atom stereocenters. The van der Waals surface area contributed by atoms with Crippen LogP contribution in [0.3, 0.4) is 0 Å². The van der Waals surface area contributed by atoms with E-state index >= 15 is 0 Å².